The highest BCUT2D eigenvalue weighted by atomic mass is 16.5. The number of benzene rings is 2. The first-order valence-corrected chi connectivity index (χ1v) is 10.6. The Balaban J connectivity index is 1.69. The average Bonchev–Trinajstić information content (AvgIpc) is 3.12. The number of fused-ring (bicyclic) bond motifs is 2. The molecule has 164 valence electrons. The third kappa shape index (κ3) is 3.81. The molecule has 2 aromatic rings. The molecule has 2 aliphatic heterocycles. The lowest BCUT2D eigenvalue weighted by Crippen LogP contribution is -2.61. The topological polar surface area (TPSA) is 65.1 Å². The molecule has 0 spiro atoms. The first-order chi connectivity index (χ1) is 15.0. The summed E-state index contributed by atoms with van der Waals surface area (Å²) in [7, 11) is 4.64. The molecule has 31 heavy (non-hydrogen) atoms. The summed E-state index contributed by atoms with van der Waals surface area (Å²) in [6, 6.07) is 15.5. The molecule has 0 unspecified atom stereocenters. The highest BCUT2D eigenvalue weighted by Gasteiger charge is 2.61. The van der Waals surface area contributed by atoms with Gasteiger partial charge in [0.25, 0.3) is 0 Å². The van der Waals surface area contributed by atoms with Crippen LogP contribution in [0, 0.1) is 5.41 Å². The first-order valence-electron chi connectivity index (χ1n) is 10.6. The number of hydrogen-bond acceptors (Lipinski definition) is 6. The number of piperidine rings is 1. The third-order valence-electron chi connectivity index (χ3n) is 6.82. The SMILES string of the molecule is COC(=O)[C@]1(Cc2ccc(OC)cc2)C(=O)C[C@H]2CC[C@H]1N2Cc1cccc(OC)c1. The van der Waals surface area contributed by atoms with E-state index in [1.807, 2.05) is 42.5 Å². The second-order valence-electron chi connectivity index (χ2n) is 8.39. The molecule has 2 aromatic carbocycles. The summed E-state index contributed by atoms with van der Waals surface area (Å²) >= 11 is 0. The number of carbonyl (C=O) groups excluding carboxylic acids is 2. The fourth-order valence-electron chi connectivity index (χ4n) is 5.27. The molecular weight excluding hydrogens is 394 g/mol. The van der Waals surface area contributed by atoms with Crippen LogP contribution in [0.3, 0.4) is 0 Å². The van der Waals surface area contributed by atoms with E-state index >= 15 is 0 Å². The number of hydrogen-bond donors (Lipinski definition) is 0. The summed E-state index contributed by atoms with van der Waals surface area (Å²) in [5.41, 5.74) is 0.829. The van der Waals surface area contributed by atoms with Crippen LogP contribution in [0.15, 0.2) is 48.5 Å². The molecule has 0 amide bonds. The van der Waals surface area contributed by atoms with Crippen molar-refractivity contribution in [2.75, 3.05) is 21.3 Å². The molecule has 2 bridgehead atoms. The van der Waals surface area contributed by atoms with Gasteiger partial charge in [0.05, 0.1) is 21.3 Å². The zero-order valence-electron chi connectivity index (χ0n) is 18.3. The number of ketones is 1. The van der Waals surface area contributed by atoms with E-state index in [4.69, 9.17) is 14.2 Å². The Morgan fingerprint density at radius 3 is 2.42 bits per heavy atom. The van der Waals surface area contributed by atoms with Crippen molar-refractivity contribution in [1.82, 2.24) is 4.90 Å². The van der Waals surface area contributed by atoms with Crippen molar-refractivity contribution in [3.63, 3.8) is 0 Å². The van der Waals surface area contributed by atoms with Gasteiger partial charge in [-0.2, -0.15) is 0 Å². The zero-order chi connectivity index (χ0) is 22.0. The van der Waals surface area contributed by atoms with Crippen LogP contribution in [-0.4, -0.2) is 50.1 Å². The number of carbonyl (C=O) groups is 2. The molecule has 0 aromatic heterocycles. The maximum Gasteiger partial charge on any atom is 0.321 e. The Bertz CT molecular complexity index is 957. The van der Waals surface area contributed by atoms with E-state index in [1.165, 1.54) is 7.11 Å². The van der Waals surface area contributed by atoms with Crippen molar-refractivity contribution in [2.45, 2.75) is 44.3 Å². The molecule has 2 heterocycles. The molecule has 6 heteroatoms. The van der Waals surface area contributed by atoms with Crippen LogP contribution in [0.2, 0.25) is 0 Å². The van der Waals surface area contributed by atoms with Crippen LogP contribution in [0.1, 0.15) is 30.4 Å². The maximum absolute atomic E-state index is 13.4. The van der Waals surface area contributed by atoms with Gasteiger partial charge in [0.15, 0.2) is 5.78 Å². The number of ether oxygens (including phenoxy) is 3. The quantitative estimate of drug-likeness (QED) is 0.502. The molecule has 2 fully saturated rings. The smallest absolute Gasteiger partial charge is 0.321 e. The minimum atomic E-state index is -1.20. The van der Waals surface area contributed by atoms with Crippen LogP contribution in [0.5, 0.6) is 11.5 Å². The van der Waals surface area contributed by atoms with Crippen LogP contribution in [0.4, 0.5) is 0 Å². The summed E-state index contributed by atoms with van der Waals surface area (Å²) in [6.07, 6.45) is 2.40. The molecule has 0 aliphatic carbocycles. The Morgan fingerprint density at radius 2 is 1.74 bits per heavy atom. The van der Waals surface area contributed by atoms with Crippen LogP contribution < -0.4 is 9.47 Å². The van der Waals surface area contributed by atoms with Crippen LogP contribution >= 0.6 is 0 Å². The summed E-state index contributed by atoms with van der Waals surface area (Å²) in [4.78, 5) is 29.0. The second kappa shape index (κ2) is 8.71. The minimum Gasteiger partial charge on any atom is -0.497 e. The lowest BCUT2D eigenvalue weighted by atomic mass is 9.68. The molecule has 3 atom stereocenters. The van der Waals surface area contributed by atoms with Crippen molar-refractivity contribution < 1.29 is 23.8 Å². The zero-order valence-corrected chi connectivity index (χ0v) is 18.3. The molecule has 0 radical (unpaired) electrons. The summed E-state index contributed by atoms with van der Waals surface area (Å²) < 4.78 is 15.9. The monoisotopic (exact) mass is 423 g/mol. The average molecular weight is 424 g/mol. The Kier molecular flexibility index (Phi) is 6.01. The molecule has 6 nitrogen and oxygen atoms in total. The molecule has 0 N–H and O–H groups in total. The normalized spacial score (nSPS) is 25.3. The lowest BCUT2D eigenvalue weighted by molar-refractivity contribution is -0.167. The molecular formula is C25H29NO5. The largest absolute Gasteiger partial charge is 0.497 e. The molecule has 0 saturated carbocycles. The summed E-state index contributed by atoms with van der Waals surface area (Å²) in [6.45, 7) is 0.668. The Morgan fingerprint density at radius 1 is 1.00 bits per heavy atom. The summed E-state index contributed by atoms with van der Waals surface area (Å²) in [5, 5.41) is 0. The minimum absolute atomic E-state index is 0.00967. The van der Waals surface area contributed by atoms with Gasteiger partial charge in [-0.1, -0.05) is 24.3 Å². The van der Waals surface area contributed by atoms with Crippen molar-refractivity contribution >= 4 is 11.8 Å². The second-order valence-corrected chi connectivity index (χ2v) is 8.39. The van der Waals surface area contributed by atoms with Crippen molar-refractivity contribution in [1.29, 1.82) is 0 Å². The van der Waals surface area contributed by atoms with Crippen molar-refractivity contribution in [3.8, 4) is 11.5 Å². The van der Waals surface area contributed by atoms with E-state index in [2.05, 4.69) is 11.0 Å². The number of methoxy groups -OCH3 is 3. The number of rotatable bonds is 7. The van der Waals surface area contributed by atoms with Crippen molar-refractivity contribution in [3.05, 3.63) is 59.7 Å². The van der Waals surface area contributed by atoms with Gasteiger partial charge < -0.3 is 14.2 Å². The van der Waals surface area contributed by atoms with Gasteiger partial charge in [0, 0.05) is 25.0 Å². The van der Waals surface area contributed by atoms with E-state index in [-0.39, 0.29) is 17.9 Å². The first kappa shape index (κ1) is 21.4. The van der Waals surface area contributed by atoms with Gasteiger partial charge in [0.2, 0.25) is 0 Å². The van der Waals surface area contributed by atoms with Gasteiger partial charge in [-0.15, -0.1) is 0 Å². The number of nitrogens with zero attached hydrogens (tertiary/aromatic N) is 1. The van der Waals surface area contributed by atoms with Gasteiger partial charge >= 0.3 is 5.97 Å². The molecule has 2 saturated heterocycles. The fourth-order valence-corrected chi connectivity index (χ4v) is 5.27. The Labute approximate surface area is 183 Å². The summed E-state index contributed by atoms with van der Waals surface area (Å²) in [5.74, 6) is 1.10. The van der Waals surface area contributed by atoms with Gasteiger partial charge in [-0.25, -0.2) is 0 Å². The van der Waals surface area contributed by atoms with E-state index < -0.39 is 11.4 Å². The van der Waals surface area contributed by atoms with Crippen LogP contribution in [-0.2, 0) is 27.3 Å². The van der Waals surface area contributed by atoms with E-state index in [0.717, 1.165) is 35.5 Å². The number of esters is 1. The maximum atomic E-state index is 13.4. The third-order valence-corrected chi connectivity index (χ3v) is 6.82. The molecule has 4 rings (SSSR count). The molecule has 2 aliphatic rings. The Hall–Kier alpha value is -2.86. The predicted molar refractivity (Wildman–Crippen MR) is 116 cm³/mol. The fraction of sp³-hybridized carbons (Fsp3) is 0.440. The van der Waals surface area contributed by atoms with E-state index in [9.17, 15) is 9.59 Å². The van der Waals surface area contributed by atoms with Gasteiger partial charge in [-0.05, 0) is 54.7 Å². The highest BCUT2D eigenvalue weighted by molar-refractivity contribution is 6.06. The predicted octanol–water partition coefficient (Wildman–Crippen LogP) is 3.41. The van der Waals surface area contributed by atoms with Crippen molar-refractivity contribution in [2.24, 2.45) is 5.41 Å². The highest BCUT2D eigenvalue weighted by Crippen LogP contribution is 2.48. The van der Waals surface area contributed by atoms with Gasteiger partial charge in [0.1, 0.15) is 16.9 Å². The number of Topliss-reactive ketones (excluding diaryl/α,β-unsaturated/α-hetero) is 1. The van der Waals surface area contributed by atoms with Gasteiger partial charge in [-0.3, -0.25) is 14.5 Å². The lowest BCUT2D eigenvalue weighted by Gasteiger charge is -2.45. The van der Waals surface area contributed by atoms with E-state index in [0.29, 0.717) is 19.4 Å². The van der Waals surface area contributed by atoms with Crippen LogP contribution in [0.25, 0.3) is 0 Å². The van der Waals surface area contributed by atoms with E-state index in [1.54, 1.807) is 14.2 Å². The standard InChI is InChI=1S/C25H29NO5/c1-29-20-10-7-17(8-11-20)15-25(24(28)31-3)22-12-9-19(14-23(25)27)26(22)16-18-5-4-6-21(13-18)30-2/h4-8,10-11,13,19,22H,9,12,14-16H2,1-3H3/t19-,22-,25+/m1/s1.